The van der Waals surface area contributed by atoms with Crippen molar-refractivity contribution in [3.63, 3.8) is 0 Å². The fourth-order valence-corrected chi connectivity index (χ4v) is 5.35. The zero-order chi connectivity index (χ0) is 22.4. The van der Waals surface area contributed by atoms with E-state index < -0.39 is 26.7 Å². The van der Waals surface area contributed by atoms with E-state index in [1.807, 2.05) is 4.72 Å². The number of urea groups is 1. The molecule has 1 saturated carbocycles. The van der Waals surface area contributed by atoms with Crippen molar-refractivity contribution in [2.45, 2.75) is 75.9 Å². The zero-order valence-electron chi connectivity index (χ0n) is 18.2. The number of aryl methyl sites for hydroxylation is 1. The van der Waals surface area contributed by atoms with Crippen LogP contribution < -0.4 is 10.0 Å². The number of hydrogen-bond acceptors (Lipinski definition) is 5. The van der Waals surface area contributed by atoms with E-state index in [0.717, 1.165) is 36.1 Å². The molecule has 8 heteroatoms. The first-order valence-electron chi connectivity index (χ1n) is 10.9. The number of fused-ring (bicyclic) bond motifs is 1. The largest absolute Gasteiger partial charge is 0.451 e. The highest BCUT2D eigenvalue weighted by Gasteiger charge is 2.31. The van der Waals surface area contributed by atoms with Crippen LogP contribution in [0, 0.1) is 5.92 Å². The molecule has 1 heterocycles. The highest BCUT2D eigenvalue weighted by molar-refractivity contribution is 7.89. The number of nitrogens with one attached hydrogen (secondary N) is 2. The minimum atomic E-state index is -4.22. The molecule has 1 aromatic carbocycles. The van der Waals surface area contributed by atoms with E-state index in [1.165, 1.54) is 51.0 Å². The summed E-state index contributed by atoms with van der Waals surface area (Å²) in [5, 5.41) is 12.5. The molecule has 1 unspecified atom stereocenters. The third-order valence-electron chi connectivity index (χ3n) is 6.67. The third kappa shape index (κ3) is 4.36. The number of rotatable bonds is 6. The Labute approximate surface area is 183 Å². The van der Waals surface area contributed by atoms with E-state index in [4.69, 9.17) is 4.42 Å². The van der Waals surface area contributed by atoms with E-state index in [9.17, 15) is 18.3 Å². The molecule has 0 bridgehead atoms. The van der Waals surface area contributed by atoms with Crippen molar-refractivity contribution in [1.29, 1.82) is 0 Å². The molecule has 2 amide bonds. The molecule has 1 aromatic heterocycles. The summed E-state index contributed by atoms with van der Waals surface area (Å²) >= 11 is 0. The number of carbonyl (C=O) groups excluding carboxylic acids is 1. The third-order valence-corrected chi connectivity index (χ3v) is 7.87. The van der Waals surface area contributed by atoms with E-state index in [2.05, 4.69) is 24.4 Å². The van der Waals surface area contributed by atoms with Crippen molar-refractivity contribution < 1.29 is 22.7 Å². The molecule has 31 heavy (non-hydrogen) atoms. The first kappa shape index (κ1) is 21.9. The monoisotopic (exact) mass is 446 g/mol. The molecule has 4 rings (SSSR count). The lowest BCUT2D eigenvalue weighted by atomic mass is 9.73. The van der Waals surface area contributed by atoms with Gasteiger partial charge in [-0.3, -0.25) is 0 Å². The first-order valence-corrected chi connectivity index (χ1v) is 12.3. The Kier molecular flexibility index (Phi) is 5.64. The van der Waals surface area contributed by atoms with Crippen molar-refractivity contribution in [2.24, 2.45) is 5.92 Å². The van der Waals surface area contributed by atoms with Gasteiger partial charge in [-0.1, -0.05) is 25.5 Å². The van der Waals surface area contributed by atoms with Gasteiger partial charge in [-0.25, -0.2) is 9.52 Å². The van der Waals surface area contributed by atoms with E-state index in [-0.39, 0.29) is 0 Å². The maximum absolute atomic E-state index is 12.7. The average molecular weight is 447 g/mol. The molecule has 2 aliphatic rings. The normalized spacial score (nSPS) is 17.7. The molecule has 2 aliphatic carbocycles. The number of sulfonamides is 1. The van der Waals surface area contributed by atoms with Gasteiger partial charge in [0.05, 0.1) is 11.9 Å². The predicted molar refractivity (Wildman–Crippen MR) is 118 cm³/mol. The molecule has 1 atom stereocenters. The van der Waals surface area contributed by atoms with Crippen LogP contribution in [0.3, 0.4) is 0 Å². The molecule has 168 valence electrons. The molecule has 1 fully saturated rings. The van der Waals surface area contributed by atoms with Crippen molar-refractivity contribution in [3.05, 3.63) is 46.7 Å². The van der Waals surface area contributed by atoms with E-state index in [0.29, 0.717) is 17.4 Å². The number of anilines is 1. The quantitative estimate of drug-likeness (QED) is 0.609. The number of furan rings is 1. The lowest BCUT2D eigenvalue weighted by Crippen LogP contribution is -2.35. The summed E-state index contributed by atoms with van der Waals surface area (Å²) in [5.41, 5.74) is 3.20. The second kappa shape index (κ2) is 7.98. The summed E-state index contributed by atoms with van der Waals surface area (Å²) < 4.78 is 32.4. The van der Waals surface area contributed by atoms with Gasteiger partial charge in [-0.15, -0.1) is 0 Å². The van der Waals surface area contributed by atoms with Crippen molar-refractivity contribution in [2.75, 3.05) is 5.32 Å². The van der Waals surface area contributed by atoms with Gasteiger partial charge in [0.15, 0.2) is 0 Å². The van der Waals surface area contributed by atoms with Gasteiger partial charge in [0, 0.05) is 17.3 Å². The van der Waals surface area contributed by atoms with Crippen LogP contribution in [0.5, 0.6) is 0 Å². The maximum atomic E-state index is 12.7. The Morgan fingerprint density at radius 1 is 1.23 bits per heavy atom. The van der Waals surface area contributed by atoms with Crippen LogP contribution in [-0.2, 0) is 28.5 Å². The zero-order valence-corrected chi connectivity index (χ0v) is 19.0. The predicted octanol–water partition coefficient (Wildman–Crippen LogP) is 4.41. The van der Waals surface area contributed by atoms with Crippen LogP contribution in [-0.4, -0.2) is 19.6 Å². The van der Waals surface area contributed by atoms with Crippen molar-refractivity contribution >= 4 is 21.7 Å². The van der Waals surface area contributed by atoms with Crippen molar-refractivity contribution in [3.8, 4) is 0 Å². The second-order valence-corrected chi connectivity index (χ2v) is 10.9. The maximum Gasteiger partial charge on any atom is 0.333 e. The van der Waals surface area contributed by atoms with Gasteiger partial charge in [0.25, 0.3) is 10.0 Å². The molecule has 0 spiro atoms. The average Bonchev–Trinajstić information content (AvgIpc) is 3.29. The van der Waals surface area contributed by atoms with Crippen LogP contribution in [0.1, 0.15) is 74.6 Å². The summed E-state index contributed by atoms with van der Waals surface area (Å²) in [5.74, 6) is 0.890. The molecule has 0 saturated heterocycles. The van der Waals surface area contributed by atoms with Crippen LogP contribution >= 0.6 is 0 Å². The Bertz CT molecular complexity index is 1090. The van der Waals surface area contributed by atoms with Gasteiger partial charge in [-0.05, 0) is 74.5 Å². The summed E-state index contributed by atoms with van der Waals surface area (Å²) in [4.78, 5) is 12.7. The summed E-state index contributed by atoms with van der Waals surface area (Å²) in [6.45, 7) is 5.23. The van der Waals surface area contributed by atoms with Gasteiger partial charge in [0.1, 0.15) is 0 Å². The molecule has 3 N–H and O–H groups in total. The minimum absolute atomic E-state index is 0.297. The Morgan fingerprint density at radius 3 is 2.58 bits per heavy atom. The summed E-state index contributed by atoms with van der Waals surface area (Å²) in [7, 11) is -4.22. The van der Waals surface area contributed by atoms with Crippen molar-refractivity contribution in [1.82, 2.24) is 4.72 Å². The van der Waals surface area contributed by atoms with Crippen LogP contribution in [0.2, 0.25) is 0 Å². The summed E-state index contributed by atoms with van der Waals surface area (Å²) in [6, 6.07) is 4.64. The number of hydrogen-bond donors (Lipinski definition) is 3. The molecular weight excluding hydrogens is 416 g/mol. The Morgan fingerprint density at radius 2 is 1.97 bits per heavy atom. The number of benzene rings is 1. The molecule has 2 aromatic rings. The Balaban J connectivity index is 1.57. The topological polar surface area (TPSA) is 109 Å². The van der Waals surface area contributed by atoms with Gasteiger partial charge in [-0.2, -0.15) is 8.42 Å². The minimum Gasteiger partial charge on any atom is -0.451 e. The molecular formula is C23H30N2O5S. The highest BCUT2D eigenvalue weighted by atomic mass is 32.2. The Hall–Kier alpha value is -2.32. The number of carbonyl (C=O) groups is 1. The standard InChI is InChI=1S/C23H30N2O5S/c1-14(15-6-4-7-15)18-11-10-16-8-5-9-19(16)21(18)24-22(26)25-31(28,29)20-12-17(13-30-20)23(2,3)27/h10-15,27H,4-9H2,1-3H3,(H2,24,25,26). The van der Waals surface area contributed by atoms with E-state index >= 15 is 0 Å². The number of aliphatic hydroxyl groups is 1. The first-order chi connectivity index (χ1) is 14.6. The van der Waals surface area contributed by atoms with E-state index in [1.54, 1.807) is 0 Å². The highest BCUT2D eigenvalue weighted by Crippen LogP contribution is 2.44. The van der Waals surface area contributed by atoms with Crippen LogP contribution in [0.15, 0.2) is 34.0 Å². The molecule has 0 radical (unpaired) electrons. The summed E-state index contributed by atoms with van der Waals surface area (Å²) in [6.07, 6.45) is 7.63. The smallest absolute Gasteiger partial charge is 0.333 e. The number of amides is 2. The SMILES string of the molecule is CC(c1ccc2c(c1NC(=O)NS(=O)(=O)c1cc(C(C)(C)O)co1)CCC2)C1CCC1. The van der Waals surface area contributed by atoms with Gasteiger partial charge >= 0.3 is 6.03 Å². The lowest BCUT2D eigenvalue weighted by molar-refractivity contribution is 0.0779. The van der Waals surface area contributed by atoms with Crippen LogP contribution in [0.25, 0.3) is 0 Å². The fraction of sp³-hybridized carbons (Fsp3) is 0.522. The van der Waals surface area contributed by atoms with Gasteiger partial charge < -0.3 is 14.8 Å². The lowest BCUT2D eigenvalue weighted by Gasteiger charge is -2.33. The fourth-order valence-electron chi connectivity index (χ4n) is 4.49. The van der Waals surface area contributed by atoms with Crippen LogP contribution in [0.4, 0.5) is 10.5 Å². The molecule has 0 aliphatic heterocycles. The molecule has 7 nitrogen and oxygen atoms in total. The van der Waals surface area contributed by atoms with Gasteiger partial charge in [0.2, 0.25) is 5.09 Å². The second-order valence-electron chi connectivity index (χ2n) is 9.27.